The summed E-state index contributed by atoms with van der Waals surface area (Å²) < 4.78 is 12.0. The quantitative estimate of drug-likeness (QED) is 0.859. The fourth-order valence-electron chi connectivity index (χ4n) is 1.95. The van der Waals surface area contributed by atoms with Gasteiger partial charge in [0.05, 0.1) is 19.8 Å². The number of methoxy groups -OCH3 is 1. The van der Waals surface area contributed by atoms with Crippen molar-refractivity contribution in [2.45, 2.75) is 19.6 Å². The molecule has 1 unspecified atom stereocenters. The molecule has 0 amide bonds. The van der Waals surface area contributed by atoms with Crippen molar-refractivity contribution >= 4 is 15.9 Å². The van der Waals surface area contributed by atoms with E-state index in [9.17, 15) is 5.11 Å². The first-order chi connectivity index (χ1) is 10.0. The smallest absolute Gasteiger partial charge is 0.169 e. The van der Waals surface area contributed by atoms with Gasteiger partial charge < -0.3 is 19.7 Å². The third kappa shape index (κ3) is 3.75. The van der Waals surface area contributed by atoms with Crippen molar-refractivity contribution in [2.24, 2.45) is 0 Å². The number of hydrogen-bond acceptors (Lipinski definition) is 4. The number of hydrogen-bond donors (Lipinski definition) is 2. The standard InChI is InChI=1S/C16H17BrO4/c1-10(19)13-5-4-12(17)8-15(13)21-14-6-3-11(9-18)7-16(14)20-2/h3-8,10,18-19H,9H2,1-2H3. The van der Waals surface area contributed by atoms with Gasteiger partial charge in [0, 0.05) is 10.0 Å². The number of aliphatic hydroxyl groups is 2. The molecule has 4 nitrogen and oxygen atoms in total. The molecule has 2 rings (SSSR count). The van der Waals surface area contributed by atoms with Crippen molar-refractivity contribution in [3.05, 3.63) is 52.0 Å². The third-order valence-corrected chi connectivity index (χ3v) is 3.55. The summed E-state index contributed by atoms with van der Waals surface area (Å²) in [6.45, 7) is 1.62. The second-order valence-electron chi connectivity index (χ2n) is 4.60. The number of aliphatic hydroxyl groups excluding tert-OH is 2. The largest absolute Gasteiger partial charge is 0.493 e. The molecule has 0 heterocycles. The van der Waals surface area contributed by atoms with E-state index < -0.39 is 6.10 Å². The van der Waals surface area contributed by atoms with Gasteiger partial charge in [0.1, 0.15) is 5.75 Å². The van der Waals surface area contributed by atoms with Crippen LogP contribution in [0.25, 0.3) is 0 Å². The molecule has 0 fully saturated rings. The molecule has 1 atom stereocenters. The van der Waals surface area contributed by atoms with Crippen LogP contribution in [0.3, 0.4) is 0 Å². The Morgan fingerprint density at radius 1 is 1.10 bits per heavy atom. The minimum Gasteiger partial charge on any atom is -0.493 e. The zero-order chi connectivity index (χ0) is 15.4. The lowest BCUT2D eigenvalue weighted by molar-refractivity contribution is 0.195. The van der Waals surface area contributed by atoms with Crippen molar-refractivity contribution in [3.8, 4) is 17.2 Å². The Morgan fingerprint density at radius 3 is 2.48 bits per heavy atom. The fraction of sp³-hybridized carbons (Fsp3) is 0.250. The van der Waals surface area contributed by atoms with Crippen LogP contribution in [-0.2, 0) is 6.61 Å². The second kappa shape index (κ2) is 6.93. The topological polar surface area (TPSA) is 58.9 Å². The monoisotopic (exact) mass is 352 g/mol. The van der Waals surface area contributed by atoms with E-state index in [1.54, 1.807) is 44.4 Å². The van der Waals surface area contributed by atoms with Crippen LogP contribution < -0.4 is 9.47 Å². The minimum absolute atomic E-state index is 0.0630. The van der Waals surface area contributed by atoms with Crippen molar-refractivity contribution < 1.29 is 19.7 Å². The van der Waals surface area contributed by atoms with E-state index >= 15 is 0 Å². The van der Waals surface area contributed by atoms with Crippen LogP contribution in [-0.4, -0.2) is 17.3 Å². The number of ether oxygens (including phenoxy) is 2. The lowest BCUT2D eigenvalue weighted by Crippen LogP contribution is -1.98. The maximum atomic E-state index is 9.82. The lowest BCUT2D eigenvalue weighted by Gasteiger charge is -2.16. The molecular formula is C16H17BrO4. The minimum atomic E-state index is -0.643. The summed E-state index contributed by atoms with van der Waals surface area (Å²) >= 11 is 3.39. The first-order valence-corrected chi connectivity index (χ1v) is 7.27. The molecule has 0 saturated carbocycles. The third-order valence-electron chi connectivity index (χ3n) is 3.06. The number of benzene rings is 2. The number of halogens is 1. The second-order valence-corrected chi connectivity index (χ2v) is 5.52. The Labute approximate surface area is 132 Å². The molecule has 21 heavy (non-hydrogen) atoms. The molecule has 0 bridgehead atoms. The van der Waals surface area contributed by atoms with E-state index in [1.165, 1.54) is 0 Å². The SMILES string of the molecule is COc1cc(CO)ccc1Oc1cc(Br)ccc1C(C)O. The molecule has 0 aliphatic rings. The van der Waals surface area contributed by atoms with Crippen LogP contribution in [0.5, 0.6) is 17.2 Å². The Morgan fingerprint density at radius 2 is 1.86 bits per heavy atom. The van der Waals surface area contributed by atoms with Crippen LogP contribution >= 0.6 is 15.9 Å². The first-order valence-electron chi connectivity index (χ1n) is 6.48. The van der Waals surface area contributed by atoms with E-state index in [-0.39, 0.29) is 6.61 Å². The Balaban J connectivity index is 2.40. The van der Waals surface area contributed by atoms with E-state index in [0.717, 1.165) is 10.0 Å². The zero-order valence-electron chi connectivity index (χ0n) is 11.8. The molecule has 0 saturated heterocycles. The summed E-state index contributed by atoms with van der Waals surface area (Å²) in [5.74, 6) is 1.60. The maximum absolute atomic E-state index is 9.82. The van der Waals surface area contributed by atoms with Crippen molar-refractivity contribution in [1.29, 1.82) is 0 Å². The van der Waals surface area contributed by atoms with E-state index in [1.807, 2.05) is 6.07 Å². The van der Waals surface area contributed by atoms with Crippen LogP contribution in [0.2, 0.25) is 0 Å². The Hall–Kier alpha value is -1.56. The highest BCUT2D eigenvalue weighted by molar-refractivity contribution is 9.10. The summed E-state index contributed by atoms with van der Waals surface area (Å²) in [5, 5.41) is 19.0. The summed E-state index contributed by atoms with van der Waals surface area (Å²) in [4.78, 5) is 0. The Kier molecular flexibility index (Phi) is 5.22. The molecule has 0 aliphatic carbocycles. The van der Waals surface area contributed by atoms with Crippen LogP contribution in [0.1, 0.15) is 24.2 Å². The fourth-order valence-corrected chi connectivity index (χ4v) is 2.29. The summed E-state index contributed by atoms with van der Waals surface area (Å²) in [6.07, 6.45) is -0.643. The molecule has 2 N–H and O–H groups in total. The molecule has 0 radical (unpaired) electrons. The average molecular weight is 353 g/mol. The number of rotatable bonds is 5. The van der Waals surface area contributed by atoms with Gasteiger partial charge >= 0.3 is 0 Å². The molecule has 5 heteroatoms. The van der Waals surface area contributed by atoms with Gasteiger partial charge in [0.2, 0.25) is 0 Å². The Bertz CT molecular complexity index is 626. The van der Waals surface area contributed by atoms with Crippen molar-refractivity contribution in [2.75, 3.05) is 7.11 Å². The predicted octanol–water partition coefficient (Wildman–Crippen LogP) is 3.80. The average Bonchev–Trinajstić information content (AvgIpc) is 2.47. The zero-order valence-corrected chi connectivity index (χ0v) is 13.4. The molecule has 2 aromatic carbocycles. The highest BCUT2D eigenvalue weighted by Crippen LogP contribution is 2.37. The van der Waals surface area contributed by atoms with Gasteiger partial charge in [0.15, 0.2) is 11.5 Å². The van der Waals surface area contributed by atoms with Crippen molar-refractivity contribution in [1.82, 2.24) is 0 Å². The van der Waals surface area contributed by atoms with Gasteiger partial charge in [-0.15, -0.1) is 0 Å². The molecule has 0 aromatic heterocycles. The first kappa shape index (κ1) is 15.8. The van der Waals surface area contributed by atoms with Gasteiger partial charge in [-0.3, -0.25) is 0 Å². The summed E-state index contributed by atoms with van der Waals surface area (Å²) in [5.41, 5.74) is 1.43. The molecule has 2 aromatic rings. The highest BCUT2D eigenvalue weighted by atomic mass is 79.9. The lowest BCUT2D eigenvalue weighted by atomic mass is 10.1. The van der Waals surface area contributed by atoms with Gasteiger partial charge in [-0.1, -0.05) is 28.1 Å². The predicted molar refractivity (Wildman–Crippen MR) is 83.8 cm³/mol. The van der Waals surface area contributed by atoms with Gasteiger partial charge in [-0.25, -0.2) is 0 Å². The van der Waals surface area contributed by atoms with E-state index in [2.05, 4.69) is 15.9 Å². The van der Waals surface area contributed by atoms with E-state index in [0.29, 0.717) is 22.8 Å². The molecule has 112 valence electrons. The van der Waals surface area contributed by atoms with Crippen LogP contribution in [0.15, 0.2) is 40.9 Å². The van der Waals surface area contributed by atoms with E-state index in [4.69, 9.17) is 14.6 Å². The summed E-state index contributed by atoms with van der Waals surface area (Å²) in [7, 11) is 1.54. The molecule has 0 spiro atoms. The van der Waals surface area contributed by atoms with Crippen molar-refractivity contribution in [3.63, 3.8) is 0 Å². The summed E-state index contributed by atoms with van der Waals surface area (Å²) in [6, 6.07) is 10.7. The maximum Gasteiger partial charge on any atom is 0.169 e. The normalized spacial score (nSPS) is 12.0. The van der Waals surface area contributed by atoms with Crippen LogP contribution in [0.4, 0.5) is 0 Å². The van der Waals surface area contributed by atoms with Gasteiger partial charge in [-0.05, 0) is 36.8 Å². The molecule has 0 aliphatic heterocycles. The van der Waals surface area contributed by atoms with Gasteiger partial charge in [0.25, 0.3) is 0 Å². The highest BCUT2D eigenvalue weighted by Gasteiger charge is 2.13. The molecular weight excluding hydrogens is 336 g/mol. The van der Waals surface area contributed by atoms with Crippen LogP contribution in [0, 0.1) is 0 Å². The van der Waals surface area contributed by atoms with Gasteiger partial charge in [-0.2, -0.15) is 0 Å².